The van der Waals surface area contributed by atoms with Crippen molar-refractivity contribution < 1.29 is 4.79 Å². The van der Waals surface area contributed by atoms with Gasteiger partial charge in [-0.25, -0.2) is 4.98 Å². The van der Waals surface area contributed by atoms with Crippen molar-refractivity contribution in [2.45, 2.75) is 19.9 Å². The van der Waals surface area contributed by atoms with E-state index in [0.29, 0.717) is 11.4 Å². The Bertz CT molecular complexity index is 659. The minimum absolute atomic E-state index is 0.172. The molecule has 1 saturated heterocycles. The molecule has 2 heterocycles. The number of hydrogen-bond acceptors (Lipinski definition) is 3. The molecule has 0 radical (unpaired) electrons. The van der Waals surface area contributed by atoms with Gasteiger partial charge in [-0.05, 0) is 24.6 Å². The third kappa shape index (κ3) is 3.67. The minimum atomic E-state index is 0.172. The van der Waals surface area contributed by atoms with Crippen molar-refractivity contribution in [3.63, 3.8) is 0 Å². The molecule has 0 unspecified atom stereocenters. The maximum absolute atomic E-state index is 12.4. The molecule has 3 rings (SSSR count). The van der Waals surface area contributed by atoms with Gasteiger partial charge in [-0.2, -0.15) is 0 Å². The number of carbonyl (C=O) groups is 1. The summed E-state index contributed by atoms with van der Waals surface area (Å²) in [5.74, 6) is 1.17. The topological polar surface area (TPSA) is 41.4 Å². The van der Waals surface area contributed by atoms with Crippen LogP contribution in [0.4, 0.5) is 5.95 Å². The highest BCUT2D eigenvalue weighted by atomic mass is 35.5. The van der Waals surface area contributed by atoms with E-state index in [9.17, 15) is 4.79 Å². The van der Waals surface area contributed by atoms with Crippen molar-refractivity contribution in [3.05, 3.63) is 47.2 Å². The largest absolute Gasteiger partial charge is 0.339 e. The third-order valence-corrected chi connectivity index (χ3v) is 4.47. The smallest absolute Gasteiger partial charge is 0.227 e. The van der Waals surface area contributed by atoms with Gasteiger partial charge >= 0.3 is 0 Å². The highest BCUT2D eigenvalue weighted by Gasteiger charge is 2.23. The van der Waals surface area contributed by atoms with Crippen molar-refractivity contribution >= 4 is 23.5 Å². The van der Waals surface area contributed by atoms with E-state index in [0.717, 1.165) is 44.2 Å². The van der Waals surface area contributed by atoms with Gasteiger partial charge in [0.05, 0.1) is 6.42 Å². The molecule has 1 aromatic carbocycles. The molecule has 1 aliphatic heterocycles. The first kappa shape index (κ1) is 15.9. The molecule has 0 bridgehead atoms. The van der Waals surface area contributed by atoms with Crippen LogP contribution in [0.1, 0.15) is 12.5 Å². The van der Waals surface area contributed by atoms with Crippen LogP contribution >= 0.6 is 11.6 Å². The van der Waals surface area contributed by atoms with Crippen molar-refractivity contribution in [3.8, 4) is 0 Å². The fourth-order valence-corrected chi connectivity index (χ4v) is 3.00. The molecule has 1 amide bonds. The zero-order chi connectivity index (χ0) is 16.2. The second-order valence-corrected chi connectivity index (χ2v) is 6.12. The number of amides is 1. The summed E-state index contributed by atoms with van der Waals surface area (Å²) in [5.41, 5.74) is 1.00. The highest BCUT2D eigenvalue weighted by Crippen LogP contribution is 2.16. The molecule has 6 heteroatoms. The van der Waals surface area contributed by atoms with E-state index < -0.39 is 0 Å². The van der Waals surface area contributed by atoms with Gasteiger partial charge in [0.2, 0.25) is 11.9 Å². The lowest BCUT2D eigenvalue weighted by atomic mass is 10.1. The number of nitrogens with zero attached hydrogens (tertiary/aromatic N) is 4. The Morgan fingerprint density at radius 2 is 1.87 bits per heavy atom. The Morgan fingerprint density at radius 3 is 2.52 bits per heavy atom. The van der Waals surface area contributed by atoms with Crippen LogP contribution in [0.15, 0.2) is 36.7 Å². The summed E-state index contributed by atoms with van der Waals surface area (Å²) < 4.78 is 2.13. The van der Waals surface area contributed by atoms with Crippen LogP contribution in [-0.2, 0) is 17.8 Å². The first-order valence-corrected chi connectivity index (χ1v) is 8.33. The van der Waals surface area contributed by atoms with Crippen molar-refractivity contribution in [2.24, 2.45) is 0 Å². The molecule has 0 aliphatic carbocycles. The van der Waals surface area contributed by atoms with Crippen LogP contribution < -0.4 is 4.90 Å². The lowest BCUT2D eigenvalue weighted by Gasteiger charge is -2.35. The van der Waals surface area contributed by atoms with Crippen molar-refractivity contribution in [2.75, 3.05) is 31.1 Å². The Hall–Kier alpha value is -2.01. The molecule has 122 valence electrons. The molecule has 1 aromatic heterocycles. The Morgan fingerprint density at radius 1 is 1.17 bits per heavy atom. The molecular weight excluding hydrogens is 312 g/mol. The first-order valence-electron chi connectivity index (χ1n) is 7.95. The lowest BCUT2D eigenvalue weighted by Crippen LogP contribution is -2.49. The van der Waals surface area contributed by atoms with E-state index in [4.69, 9.17) is 11.6 Å². The summed E-state index contributed by atoms with van der Waals surface area (Å²) in [6.07, 6.45) is 4.26. The van der Waals surface area contributed by atoms with Crippen molar-refractivity contribution in [1.29, 1.82) is 0 Å². The number of aryl methyl sites for hydroxylation is 1. The van der Waals surface area contributed by atoms with E-state index in [2.05, 4.69) is 21.4 Å². The zero-order valence-corrected chi connectivity index (χ0v) is 14.0. The monoisotopic (exact) mass is 332 g/mol. The lowest BCUT2D eigenvalue weighted by molar-refractivity contribution is -0.130. The third-order valence-electron chi connectivity index (χ3n) is 4.22. The van der Waals surface area contributed by atoms with Gasteiger partial charge in [-0.1, -0.05) is 23.7 Å². The number of carbonyl (C=O) groups excluding carboxylic acids is 1. The van der Waals surface area contributed by atoms with E-state index >= 15 is 0 Å². The standard InChI is InChI=1S/C17H21ClN4O/c1-2-20-8-7-19-17(20)22-11-9-21(10-12-22)16(23)13-14-3-5-15(18)6-4-14/h3-8H,2,9-13H2,1H3. The maximum atomic E-state index is 12.4. The average Bonchev–Trinajstić information content (AvgIpc) is 3.06. The van der Waals surface area contributed by atoms with Crippen molar-refractivity contribution in [1.82, 2.24) is 14.5 Å². The van der Waals surface area contributed by atoms with E-state index in [1.165, 1.54) is 0 Å². The second-order valence-electron chi connectivity index (χ2n) is 5.68. The van der Waals surface area contributed by atoms with Gasteiger partial charge < -0.3 is 14.4 Å². The number of halogens is 1. The molecule has 23 heavy (non-hydrogen) atoms. The number of aromatic nitrogens is 2. The van der Waals surface area contributed by atoms with Crippen LogP contribution in [0.5, 0.6) is 0 Å². The Kier molecular flexibility index (Phi) is 4.86. The fourth-order valence-electron chi connectivity index (χ4n) is 2.88. The summed E-state index contributed by atoms with van der Waals surface area (Å²) in [4.78, 5) is 21.0. The fraction of sp³-hybridized carbons (Fsp3) is 0.412. The Balaban J connectivity index is 1.56. The van der Waals surface area contributed by atoms with Crippen LogP contribution in [-0.4, -0.2) is 46.5 Å². The van der Waals surface area contributed by atoms with E-state index in [1.807, 2.05) is 41.6 Å². The predicted molar refractivity (Wildman–Crippen MR) is 91.9 cm³/mol. The van der Waals surface area contributed by atoms with Crippen LogP contribution in [0.3, 0.4) is 0 Å². The SMILES string of the molecule is CCn1ccnc1N1CCN(C(=O)Cc2ccc(Cl)cc2)CC1. The number of piperazine rings is 1. The zero-order valence-electron chi connectivity index (χ0n) is 13.3. The predicted octanol–water partition coefficient (Wildman–Crippen LogP) is 2.45. The van der Waals surface area contributed by atoms with Crippen LogP contribution in [0.2, 0.25) is 5.02 Å². The van der Waals surface area contributed by atoms with Crippen LogP contribution in [0, 0.1) is 0 Å². The minimum Gasteiger partial charge on any atom is -0.339 e. The molecular formula is C17H21ClN4O. The van der Waals surface area contributed by atoms with Gasteiger partial charge in [-0.15, -0.1) is 0 Å². The van der Waals surface area contributed by atoms with Crippen LogP contribution in [0.25, 0.3) is 0 Å². The summed E-state index contributed by atoms with van der Waals surface area (Å²) >= 11 is 5.88. The number of benzene rings is 1. The first-order chi connectivity index (χ1) is 11.2. The van der Waals surface area contributed by atoms with Gasteiger partial charge in [-0.3, -0.25) is 4.79 Å². The molecule has 0 N–H and O–H groups in total. The second kappa shape index (κ2) is 7.04. The van der Waals surface area contributed by atoms with Gasteiger partial charge in [0.25, 0.3) is 0 Å². The number of imidazole rings is 1. The maximum Gasteiger partial charge on any atom is 0.227 e. The van der Waals surface area contributed by atoms with E-state index in [-0.39, 0.29) is 5.91 Å². The Labute approximate surface area is 141 Å². The van der Waals surface area contributed by atoms with Gasteiger partial charge in [0.1, 0.15) is 0 Å². The average molecular weight is 333 g/mol. The summed E-state index contributed by atoms with van der Waals surface area (Å²) in [6.45, 7) is 6.14. The molecule has 1 aliphatic rings. The number of rotatable bonds is 4. The molecule has 0 saturated carbocycles. The van der Waals surface area contributed by atoms with E-state index in [1.54, 1.807) is 0 Å². The number of anilines is 1. The van der Waals surface area contributed by atoms with Gasteiger partial charge in [0, 0.05) is 50.1 Å². The normalized spacial score (nSPS) is 15.0. The summed E-state index contributed by atoms with van der Waals surface area (Å²) in [7, 11) is 0. The molecule has 1 fully saturated rings. The quantitative estimate of drug-likeness (QED) is 0.863. The summed E-state index contributed by atoms with van der Waals surface area (Å²) in [5, 5.41) is 0.696. The highest BCUT2D eigenvalue weighted by molar-refractivity contribution is 6.30. The van der Waals surface area contributed by atoms with Gasteiger partial charge in [0.15, 0.2) is 0 Å². The molecule has 5 nitrogen and oxygen atoms in total. The summed E-state index contributed by atoms with van der Waals surface area (Å²) in [6, 6.07) is 7.47. The number of hydrogen-bond donors (Lipinski definition) is 0. The molecule has 0 spiro atoms. The molecule has 2 aromatic rings. The molecule has 0 atom stereocenters.